The van der Waals surface area contributed by atoms with Gasteiger partial charge in [0, 0.05) is 5.56 Å². The largest absolute Gasteiger partial charge is 0.407 e. The number of carbonyl (C=O) groups is 1. The highest BCUT2D eigenvalue weighted by atomic mass is 28.4. The molecular weight excluding hydrogens is 264 g/mol. The monoisotopic (exact) mass is 292 g/mol. The molecule has 2 nitrogen and oxygen atoms in total. The van der Waals surface area contributed by atoms with Gasteiger partial charge in [0.05, 0.1) is 0 Å². The minimum atomic E-state index is -1.92. The first-order valence-corrected chi connectivity index (χ1v) is 10.4. The van der Waals surface area contributed by atoms with E-state index in [1.807, 2.05) is 30.3 Å². The van der Waals surface area contributed by atoms with Crippen molar-refractivity contribution in [2.24, 2.45) is 0 Å². The van der Waals surface area contributed by atoms with E-state index in [4.69, 9.17) is 4.43 Å². The maximum Gasteiger partial charge on any atom is 0.193 e. The van der Waals surface area contributed by atoms with Gasteiger partial charge in [-0.05, 0) is 24.6 Å². The van der Waals surface area contributed by atoms with Crippen molar-refractivity contribution in [3.8, 4) is 0 Å². The van der Waals surface area contributed by atoms with Crippen LogP contribution in [-0.4, -0.2) is 20.2 Å². The molecule has 0 bridgehead atoms. The molecule has 0 fully saturated rings. The van der Waals surface area contributed by atoms with Crippen LogP contribution in [-0.2, 0) is 4.43 Å². The number of hydrogen-bond acceptors (Lipinski definition) is 2. The molecular formula is C17H28O2Si. The molecule has 1 aromatic carbocycles. The van der Waals surface area contributed by atoms with Gasteiger partial charge in [-0.1, -0.05) is 64.4 Å². The summed E-state index contributed by atoms with van der Waals surface area (Å²) in [5.74, 6) is 0.122. The number of hydrogen-bond donors (Lipinski definition) is 0. The molecule has 1 unspecified atom stereocenters. The summed E-state index contributed by atoms with van der Waals surface area (Å²) in [5, 5.41) is 0.121. The Morgan fingerprint density at radius 1 is 1.20 bits per heavy atom. The quantitative estimate of drug-likeness (QED) is 0.541. The summed E-state index contributed by atoms with van der Waals surface area (Å²) in [6.45, 7) is 13.1. The molecule has 20 heavy (non-hydrogen) atoms. The summed E-state index contributed by atoms with van der Waals surface area (Å²) in [6, 6.07) is 9.49. The lowest BCUT2D eigenvalue weighted by atomic mass is 10.0. The van der Waals surface area contributed by atoms with Crippen molar-refractivity contribution in [3.05, 3.63) is 35.9 Å². The van der Waals surface area contributed by atoms with E-state index >= 15 is 0 Å². The summed E-state index contributed by atoms with van der Waals surface area (Å²) in [5.41, 5.74) is 0.754. The zero-order chi connectivity index (χ0) is 15.4. The van der Waals surface area contributed by atoms with Crippen molar-refractivity contribution >= 4 is 14.1 Å². The van der Waals surface area contributed by atoms with Crippen LogP contribution in [0.5, 0.6) is 0 Å². The first kappa shape index (κ1) is 17.1. The summed E-state index contributed by atoms with van der Waals surface area (Å²) in [6.07, 6.45) is 1.45. The molecule has 112 valence electrons. The summed E-state index contributed by atoms with van der Waals surface area (Å²) >= 11 is 0. The standard InChI is InChI=1S/C17H28O2Si/c1-7-11-15(19-20(5,6)17(2,3)4)16(18)14-12-9-8-10-13-14/h8-10,12-13,15H,7,11H2,1-6H3. The smallest absolute Gasteiger partial charge is 0.193 e. The Morgan fingerprint density at radius 3 is 2.20 bits per heavy atom. The van der Waals surface area contributed by atoms with E-state index in [0.29, 0.717) is 0 Å². The Hall–Kier alpha value is -0.933. The maximum atomic E-state index is 12.6. The van der Waals surface area contributed by atoms with Crippen LogP contribution in [0.3, 0.4) is 0 Å². The SMILES string of the molecule is CCCC(O[Si](C)(C)C(C)(C)C)C(=O)c1ccccc1. The third kappa shape index (κ3) is 4.28. The minimum absolute atomic E-state index is 0.121. The molecule has 1 rings (SSSR count). The second kappa shape index (κ2) is 6.68. The molecule has 0 aliphatic heterocycles. The zero-order valence-electron chi connectivity index (χ0n) is 13.7. The van der Waals surface area contributed by atoms with Gasteiger partial charge in [-0.25, -0.2) is 0 Å². The molecule has 0 spiro atoms. The van der Waals surface area contributed by atoms with E-state index < -0.39 is 8.32 Å². The molecule has 0 saturated carbocycles. The predicted molar refractivity (Wildman–Crippen MR) is 87.8 cm³/mol. The zero-order valence-corrected chi connectivity index (χ0v) is 14.7. The van der Waals surface area contributed by atoms with Crippen LogP contribution in [0.25, 0.3) is 0 Å². The normalized spacial score (nSPS) is 14.1. The van der Waals surface area contributed by atoms with Gasteiger partial charge < -0.3 is 4.43 Å². The van der Waals surface area contributed by atoms with Crippen LogP contribution < -0.4 is 0 Å². The van der Waals surface area contributed by atoms with E-state index in [2.05, 4.69) is 40.8 Å². The Kier molecular flexibility index (Phi) is 5.72. The topological polar surface area (TPSA) is 26.3 Å². The highest BCUT2D eigenvalue weighted by molar-refractivity contribution is 6.74. The summed E-state index contributed by atoms with van der Waals surface area (Å²) in [7, 11) is -1.92. The number of ketones is 1. The Bertz CT molecular complexity index is 432. The first-order chi connectivity index (χ1) is 9.19. The van der Waals surface area contributed by atoms with E-state index in [1.54, 1.807) is 0 Å². The van der Waals surface area contributed by atoms with Crippen LogP contribution in [0.15, 0.2) is 30.3 Å². The fourth-order valence-electron chi connectivity index (χ4n) is 1.83. The summed E-state index contributed by atoms with van der Waals surface area (Å²) < 4.78 is 6.35. The van der Waals surface area contributed by atoms with Crippen LogP contribution in [0.2, 0.25) is 18.1 Å². The Balaban J connectivity index is 2.93. The third-order valence-corrected chi connectivity index (χ3v) is 8.63. The third-order valence-electron chi connectivity index (χ3n) is 4.14. The van der Waals surface area contributed by atoms with Crippen molar-refractivity contribution in [1.29, 1.82) is 0 Å². The van der Waals surface area contributed by atoms with Crippen LogP contribution in [0, 0.1) is 0 Å². The second-order valence-electron chi connectivity index (χ2n) is 6.89. The molecule has 0 aliphatic carbocycles. The molecule has 3 heteroatoms. The predicted octanol–water partition coefficient (Wildman–Crippen LogP) is 5.06. The molecule has 0 aromatic heterocycles. The molecule has 0 radical (unpaired) electrons. The molecule has 0 aliphatic rings. The van der Waals surface area contributed by atoms with Gasteiger partial charge in [-0.3, -0.25) is 4.79 Å². The van der Waals surface area contributed by atoms with E-state index in [0.717, 1.165) is 18.4 Å². The lowest BCUT2D eigenvalue weighted by molar-refractivity contribution is 0.0750. The summed E-state index contributed by atoms with van der Waals surface area (Å²) in [4.78, 5) is 12.6. The fraction of sp³-hybridized carbons (Fsp3) is 0.588. The number of rotatable bonds is 6. The fourth-order valence-corrected chi connectivity index (χ4v) is 3.12. The van der Waals surface area contributed by atoms with Crippen molar-refractivity contribution in [1.82, 2.24) is 0 Å². The van der Waals surface area contributed by atoms with Crippen LogP contribution in [0.4, 0.5) is 0 Å². The second-order valence-corrected chi connectivity index (χ2v) is 11.6. The van der Waals surface area contributed by atoms with E-state index in [-0.39, 0.29) is 16.9 Å². The molecule has 0 heterocycles. The average molecular weight is 292 g/mol. The average Bonchev–Trinajstić information content (AvgIpc) is 2.37. The van der Waals surface area contributed by atoms with Crippen LogP contribution in [0.1, 0.15) is 50.9 Å². The van der Waals surface area contributed by atoms with Gasteiger partial charge in [0.15, 0.2) is 14.1 Å². The lowest BCUT2D eigenvalue weighted by Gasteiger charge is -2.38. The number of Topliss-reactive ketones (excluding diaryl/α,β-unsaturated/α-hetero) is 1. The molecule has 1 atom stereocenters. The van der Waals surface area contributed by atoms with Gasteiger partial charge in [0.1, 0.15) is 6.10 Å². The van der Waals surface area contributed by atoms with Gasteiger partial charge in [-0.15, -0.1) is 0 Å². The van der Waals surface area contributed by atoms with Crippen molar-refractivity contribution in [3.63, 3.8) is 0 Å². The molecule has 0 amide bonds. The van der Waals surface area contributed by atoms with Crippen molar-refractivity contribution < 1.29 is 9.22 Å². The number of carbonyl (C=O) groups excluding carboxylic acids is 1. The van der Waals surface area contributed by atoms with E-state index in [9.17, 15) is 4.79 Å². The molecule has 0 N–H and O–H groups in total. The van der Waals surface area contributed by atoms with Crippen LogP contribution >= 0.6 is 0 Å². The highest BCUT2D eigenvalue weighted by Crippen LogP contribution is 2.38. The lowest BCUT2D eigenvalue weighted by Crippen LogP contribution is -2.46. The highest BCUT2D eigenvalue weighted by Gasteiger charge is 2.40. The van der Waals surface area contributed by atoms with Crippen molar-refractivity contribution in [2.75, 3.05) is 0 Å². The minimum Gasteiger partial charge on any atom is -0.407 e. The number of benzene rings is 1. The Labute approximate surface area is 124 Å². The van der Waals surface area contributed by atoms with Crippen molar-refractivity contribution in [2.45, 2.75) is 64.8 Å². The van der Waals surface area contributed by atoms with Gasteiger partial charge in [-0.2, -0.15) is 0 Å². The Morgan fingerprint density at radius 2 is 1.75 bits per heavy atom. The first-order valence-electron chi connectivity index (χ1n) is 7.46. The van der Waals surface area contributed by atoms with Gasteiger partial charge in [0.2, 0.25) is 0 Å². The van der Waals surface area contributed by atoms with Gasteiger partial charge >= 0.3 is 0 Å². The maximum absolute atomic E-state index is 12.6. The van der Waals surface area contributed by atoms with Gasteiger partial charge in [0.25, 0.3) is 0 Å². The van der Waals surface area contributed by atoms with E-state index in [1.165, 1.54) is 0 Å². The molecule has 1 aromatic rings. The molecule has 0 saturated heterocycles.